The Balaban J connectivity index is 0.000000187. The van der Waals surface area contributed by atoms with Gasteiger partial charge in [0.1, 0.15) is 5.82 Å². The third-order valence-corrected chi connectivity index (χ3v) is 4.55. The quantitative estimate of drug-likeness (QED) is 0.713. The summed E-state index contributed by atoms with van der Waals surface area (Å²) in [4.78, 5) is 14.7. The summed E-state index contributed by atoms with van der Waals surface area (Å²) in [6.45, 7) is 3.64. The van der Waals surface area contributed by atoms with Crippen molar-refractivity contribution >= 4 is 5.91 Å². The number of pyridine rings is 1. The van der Waals surface area contributed by atoms with E-state index >= 15 is 0 Å². The van der Waals surface area contributed by atoms with Gasteiger partial charge in [0, 0.05) is 35.6 Å². The third-order valence-electron chi connectivity index (χ3n) is 4.55. The SMILES string of the molecule is CCOc1cc(-c2cc3n(n2)CCCC3)ccn1.N#Cc1cc(F)cc(C(N)=O)c1. The molecule has 0 fully saturated rings. The summed E-state index contributed by atoms with van der Waals surface area (Å²) in [6, 6.07) is 11.1. The Bertz CT molecular complexity index is 1060. The van der Waals surface area contributed by atoms with Gasteiger partial charge in [0.25, 0.3) is 0 Å². The summed E-state index contributed by atoms with van der Waals surface area (Å²) in [5.74, 6) is -0.713. The van der Waals surface area contributed by atoms with Crippen LogP contribution in [0.25, 0.3) is 11.3 Å². The second kappa shape index (κ2) is 9.65. The first-order chi connectivity index (χ1) is 14.5. The van der Waals surface area contributed by atoms with E-state index in [4.69, 9.17) is 15.7 Å². The zero-order valence-corrected chi connectivity index (χ0v) is 16.6. The lowest BCUT2D eigenvalue weighted by molar-refractivity contribution is 0.1000. The van der Waals surface area contributed by atoms with E-state index in [9.17, 15) is 9.18 Å². The van der Waals surface area contributed by atoms with Crippen LogP contribution < -0.4 is 10.5 Å². The average Bonchev–Trinajstić information content (AvgIpc) is 3.18. The van der Waals surface area contributed by atoms with Gasteiger partial charge in [0.05, 0.1) is 23.9 Å². The van der Waals surface area contributed by atoms with Crippen molar-refractivity contribution in [1.82, 2.24) is 14.8 Å². The van der Waals surface area contributed by atoms with Gasteiger partial charge in [-0.05, 0) is 56.5 Å². The van der Waals surface area contributed by atoms with Crippen LogP contribution >= 0.6 is 0 Å². The van der Waals surface area contributed by atoms with Gasteiger partial charge < -0.3 is 10.5 Å². The van der Waals surface area contributed by atoms with E-state index in [1.807, 2.05) is 19.1 Å². The Morgan fingerprint density at radius 1 is 1.30 bits per heavy atom. The highest BCUT2D eigenvalue weighted by Crippen LogP contribution is 2.24. The molecule has 0 spiro atoms. The van der Waals surface area contributed by atoms with Crippen LogP contribution in [-0.2, 0) is 13.0 Å². The van der Waals surface area contributed by atoms with Crippen LogP contribution in [0.15, 0.2) is 42.6 Å². The monoisotopic (exact) mass is 407 g/mol. The van der Waals surface area contributed by atoms with Crippen molar-refractivity contribution in [3.63, 3.8) is 0 Å². The summed E-state index contributed by atoms with van der Waals surface area (Å²) < 4.78 is 20.2. The number of hydrogen-bond donors (Lipinski definition) is 1. The van der Waals surface area contributed by atoms with Crippen molar-refractivity contribution in [2.45, 2.75) is 32.7 Å². The summed E-state index contributed by atoms with van der Waals surface area (Å²) in [5, 5.41) is 13.1. The smallest absolute Gasteiger partial charge is 0.248 e. The van der Waals surface area contributed by atoms with Gasteiger partial charge in [0.2, 0.25) is 11.8 Å². The molecule has 154 valence electrons. The Morgan fingerprint density at radius 3 is 2.83 bits per heavy atom. The van der Waals surface area contributed by atoms with Crippen molar-refractivity contribution in [2.24, 2.45) is 5.73 Å². The molecule has 0 saturated heterocycles. The lowest BCUT2D eigenvalue weighted by atomic mass is 10.1. The number of nitrogens with two attached hydrogens (primary N) is 1. The van der Waals surface area contributed by atoms with Gasteiger partial charge in [-0.2, -0.15) is 10.4 Å². The molecule has 1 aliphatic rings. The van der Waals surface area contributed by atoms with E-state index in [-0.39, 0.29) is 11.1 Å². The first-order valence-corrected chi connectivity index (χ1v) is 9.66. The number of amides is 1. The van der Waals surface area contributed by atoms with Crippen LogP contribution in [0.1, 0.15) is 41.4 Å². The molecule has 7 nitrogen and oxygen atoms in total. The molecule has 8 heteroatoms. The Morgan fingerprint density at radius 2 is 2.13 bits per heavy atom. The normalized spacial score (nSPS) is 12.2. The number of aromatic nitrogens is 3. The van der Waals surface area contributed by atoms with Crippen molar-refractivity contribution in [1.29, 1.82) is 5.26 Å². The van der Waals surface area contributed by atoms with E-state index in [0.29, 0.717) is 12.5 Å². The summed E-state index contributed by atoms with van der Waals surface area (Å²) >= 11 is 0. The fourth-order valence-corrected chi connectivity index (χ4v) is 3.15. The number of nitrogens with zero attached hydrogens (tertiary/aromatic N) is 4. The molecule has 0 radical (unpaired) electrons. The first-order valence-electron chi connectivity index (χ1n) is 9.66. The number of nitriles is 1. The molecular weight excluding hydrogens is 385 g/mol. The summed E-state index contributed by atoms with van der Waals surface area (Å²) in [6.07, 6.45) is 5.41. The predicted octanol–water partition coefficient (Wildman–Crippen LogP) is 3.48. The molecule has 2 N–H and O–H groups in total. The minimum atomic E-state index is -0.744. The van der Waals surface area contributed by atoms with E-state index in [0.717, 1.165) is 36.4 Å². The number of carbonyl (C=O) groups excluding carboxylic acids is 1. The van der Waals surface area contributed by atoms with E-state index < -0.39 is 11.7 Å². The zero-order valence-electron chi connectivity index (χ0n) is 16.6. The van der Waals surface area contributed by atoms with Crippen molar-refractivity contribution < 1.29 is 13.9 Å². The van der Waals surface area contributed by atoms with Gasteiger partial charge >= 0.3 is 0 Å². The second-order valence-corrected chi connectivity index (χ2v) is 6.72. The molecule has 0 saturated carbocycles. The molecule has 30 heavy (non-hydrogen) atoms. The molecule has 0 unspecified atom stereocenters. The Hall–Kier alpha value is -3.73. The molecular formula is C22H22FN5O2. The Labute approximate surface area is 173 Å². The van der Waals surface area contributed by atoms with E-state index in [1.165, 1.54) is 24.6 Å². The topological polar surface area (TPSA) is 107 Å². The molecule has 0 bridgehead atoms. The van der Waals surface area contributed by atoms with Gasteiger partial charge in [-0.25, -0.2) is 9.37 Å². The number of benzene rings is 1. The number of rotatable bonds is 4. The highest BCUT2D eigenvalue weighted by Gasteiger charge is 2.13. The number of hydrogen-bond acceptors (Lipinski definition) is 5. The molecule has 1 aliphatic heterocycles. The van der Waals surface area contributed by atoms with E-state index in [1.54, 1.807) is 12.3 Å². The minimum Gasteiger partial charge on any atom is -0.478 e. The first kappa shape index (κ1) is 21.0. The summed E-state index contributed by atoms with van der Waals surface area (Å²) in [5.41, 5.74) is 8.43. The number of carbonyl (C=O) groups is 1. The maximum atomic E-state index is 12.6. The Kier molecular flexibility index (Phi) is 6.75. The molecule has 3 aromatic rings. The van der Waals surface area contributed by atoms with Crippen molar-refractivity contribution in [3.05, 3.63) is 65.2 Å². The average molecular weight is 407 g/mol. The van der Waals surface area contributed by atoms with Gasteiger partial charge in [-0.1, -0.05) is 0 Å². The van der Waals surface area contributed by atoms with Crippen LogP contribution in [0, 0.1) is 17.1 Å². The van der Waals surface area contributed by atoms with E-state index in [2.05, 4.69) is 20.8 Å². The van der Waals surface area contributed by atoms with Crippen LogP contribution in [0.2, 0.25) is 0 Å². The molecule has 0 atom stereocenters. The fraction of sp³-hybridized carbons (Fsp3) is 0.273. The number of halogens is 1. The molecule has 2 aromatic heterocycles. The van der Waals surface area contributed by atoms with Gasteiger partial charge in [0.15, 0.2) is 0 Å². The number of aryl methyl sites for hydroxylation is 2. The van der Waals surface area contributed by atoms with Crippen LogP contribution in [-0.4, -0.2) is 27.3 Å². The maximum absolute atomic E-state index is 12.6. The van der Waals surface area contributed by atoms with Gasteiger partial charge in [-0.15, -0.1) is 0 Å². The number of ether oxygens (including phenoxy) is 1. The highest BCUT2D eigenvalue weighted by molar-refractivity contribution is 5.93. The van der Waals surface area contributed by atoms with Crippen molar-refractivity contribution in [3.8, 4) is 23.2 Å². The van der Waals surface area contributed by atoms with Crippen LogP contribution in [0.3, 0.4) is 0 Å². The fourth-order valence-electron chi connectivity index (χ4n) is 3.15. The molecule has 1 aromatic carbocycles. The van der Waals surface area contributed by atoms with Crippen LogP contribution in [0.5, 0.6) is 5.88 Å². The second-order valence-electron chi connectivity index (χ2n) is 6.72. The molecule has 3 heterocycles. The lowest BCUT2D eigenvalue weighted by Gasteiger charge is -2.11. The van der Waals surface area contributed by atoms with Gasteiger partial charge in [-0.3, -0.25) is 9.48 Å². The van der Waals surface area contributed by atoms with Crippen molar-refractivity contribution in [2.75, 3.05) is 6.61 Å². The minimum absolute atomic E-state index is 0.00606. The number of fused-ring (bicyclic) bond motifs is 1. The summed E-state index contributed by atoms with van der Waals surface area (Å²) in [7, 11) is 0. The predicted molar refractivity (Wildman–Crippen MR) is 109 cm³/mol. The number of primary amides is 1. The third kappa shape index (κ3) is 5.20. The maximum Gasteiger partial charge on any atom is 0.248 e. The lowest BCUT2D eigenvalue weighted by Crippen LogP contribution is -2.11. The molecule has 1 amide bonds. The largest absolute Gasteiger partial charge is 0.478 e. The zero-order chi connectivity index (χ0) is 21.5. The van der Waals surface area contributed by atoms with Crippen LogP contribution in [0.4, 0.5) is 4.39 Å². The molecule has 0 aliphatic carbocycles. The standard InChI is InChI=1S/C14H17N3O.C8H5FN2O/c1-2-18-14-9-11(6-7-15-14)13-10-12-5-3-4-8-17(12)16-13;9-7-2-5(4-10)1-6(3-7)8(11)12/h6-7,9-10H,2-5,8H2,1H3;1-3H,(H2,11,12). The highest BCUT2D eigenvalue weighted by atomic mass is 19.1. The molecule has 4 rings (SSSR count).